The standard InChI is InChI=1S/C10H12N2O3S3/c1-7-5-17-10(12-7)3-11-18(14,15)9-2-8(4-13)16-6-9/h2,5-6,11,13H,3-4H2,1H3. The first-order chi connectivity index (χ1) is 8.51. The minimum Gasteiger partial charge on any atom is -0.391 e. The molecule has 2 rings (SSSR count). The van der Waals surface area contributed by atoms with Gasteiger partial charge in [0.15, 0.2) is 0 Å². The fraction of sp³-hybridized carbons (Fsp3) is 0.300. The number of aromatic nitrogens is 1. The molecule has 0 fully saturated rings. The smallest absolute Gasteiger partial charge is 0.241 e. The van der Waals surface area contributed by atoms with Crippen molar-refractivity contribution in [2.75, 3.05) is 0 Å². The topological polar surface area (TPSA) is 79.3 Å². The van der Waals surface area contributed by atoms with Crippen LogP contribution in [0.4, 0.5) is 0 Å². The van der Waals surface area contributed by atoms with Crippen LogP contribution in [-0.2, 0) is 23.2 Å². The highest BCUT2D eigenvalue weighted by Crippen LogP contribution is 2.19. The van der Waals surface area contributed by atoms with E-state index in [9.17, 15) is 8.42 Å². The third-order valence-electron chi connectivity index (χ3n) is 2.18. The molecule has 0 saturated carbocycles. The second kappa shape index (κ2) is 5.45. The lowest BCUT2D eigenvalue weighted by Gasteiger charge is -2.02. The zero-order valence-electron chi connectivity index (χ0n) is 9.58. The van der Waals surface area contributed by atoms with Crippen LogP contribution in [0.15, 0.2) is 21.7 Å². The lowest BCUT2D eigenvalue weighted by Crippen LogP contribution is -2.22. The van der Waals surface area contributed by atoms with Gasteiger partial charge in [0, 0.05) is 21.3 Å². The van der Waals surface area contributed by atoms with Gasteiger partial charge in [-0.3, -0.25) is 0 Å². The van der Waals surface area contributed by atoms with E-state index in [-0.39, 0.29) is 18.0 Å². The van der Waals surface area contributed by atoms with E-state index in [1.807, 2.05) is 12.3 Å². The lowest BCUT2D eigenvalue weighted by atomic mass is 10.5. The molecule has 0 bridgehead atoms. The Labute approximate surface area is 113 Å². The number of aliphatic hydroxyl groups is 1. The lowest BCUT2D eigenvalue weighted by molar-refractivity contribution is 0.285. The van der Waals surface area contributed by atoms with Crippen LogP contribution in [0.2, 0.25) is 0 Å². The molecule has 2 heterocycles. The number of aryl methyl sites for hydroxylation is 1. The molecule has 0 aliphatic rings. The maximum Gasteiger partial charge on any atom is 0.241 e. The molecule has 0 radical (unpaired) electrons. The van der Waals surface area contributed by atoms with E-state index in [0.717, 1.165) is 10.7 Å². The molecule has 0 aliphatic heterocycles. The van der Waals surface area contributed by atoms with Crippen LogP contribution in [0, 0.1) is 6.92 Å². The number of aliphatic hydroxyl groups excluding tert-OH is 1. The van der Waals surface area contributed by atoms with Crippen molar-refractivity contribution in [2.24, 2.45) is 0 Å². The summed E-state index contributed by atoms with van der Waals surface area (Å²) >= 11 is 2.64. The Morgan fingerprint density at radius 3 is 2.72 bits per heavy atom. The van der Waals surface area contributed by atoms with E-state index in [2.05, 4.69) is 9.71 Å². The van der Waals surface area contributed by atoms with Gasteiger partial charge in [-0.2, -0.15) is 0 Å². The molecular weight excluding hydrogens is 292 g/mol. The van der Waals surface area contributed by atoms with Gasteiger partial charge in [-0.15, -0.1) is 22.7 Å². The second-order valence-electron chi connectivity index (χ2n) is 3.61. The predicted molar refractivity (Wildman–Crippen MR) is 71.1 cm³/mol. The Morgan fingerprint density at radius 1 is 1.39 bits per heavy atom. The first-order valence-electron chi connectivity index (χ1n) is 5.10. The van der Waals surface area contributed by atoms with Crippen LogP contribution in [0.5, 0.6) is 0 Å². The summed E-state index contributed by atoms with van der Waals surface area (Å²) in [5, 5.41) is 13.0. The Hall–Kier alpha value is -0.800. The summed E-state index contributed by atoms with van der Waals surface area (Å²) in [5.41, 5.74) is 0.882. The van der Waals surface area contributed by atoms with E-state index in [1.165, 1.54) is 34.1 Å². The largest absolute Gasteiger partial charge is 0.391 e. The number of thiazole rings is 1. The minimum absolute atomic E-state index is 0.147. The van der Waals surface area contributed by atoms with Crippen LogP contribution in [-0.4, -0.2) is 18.5 Å². The monoisotopic (exact) mass is 304 g/mol. The van der Waals surface area contributed by atoms with Gasteiger partial charge in [-0.1, -0.05) is 0 Å². The summed E-state index contributed by atoms with van der Waals surface area (Å²) in [7, 11) is -3.52. The highest BCUT2D eigenvalue weighted by atomic mass is 32.2. The molecular formula is C10H12N2O3S3. The quantitative estimate of drug-likeness (QED) is 0.877. The molecule has 0 atom stereocenters. The van der Waals surface area contributed by atoms with Gasteiger partial charge in [0.2, 0.25) is 10.0 Å². The average Bonchev–Trinajstić information content (AvgIpc) is 2.95. The molecule has 2 aromatic rings. The highest BCUT2D eigenvalue weighted by Gasteiger charge is 2.16. The number of nitrogens with zero attached hydrogens (tertiary/aromatic N) is 1. The van der Waals surface area contributed by atoms with Crippen molar-refractivity contribution in [1.82, 2.24) is 9.71 Å². The zero-order valence-corrected chi connectivity index (χ0v) is 12.0. The highest BCUT2D eigenvalue weighted by molar-refractivity contribution is 7.89. The number of thiophene rings is 1. The van der Waals surface area contributed by atoms with Crippen LogP contribution < -0.4 is 4.72 Å². The van der Waals surface area contributed by atoms with Gasteiger partial charge < -0.3 is 5.11 Å². The summed E-state index contributed by atoms with van der Waals surface area (Å²) in [6, 6.07) is 1.47. The molecule has 18 heavy (non-hydrogen) atoms. The van der Waals surface area contributed by atoms with Crippen LogP contribution in [0.1, 0.15) is 15.6 Å². The summed E-state index contributed by atoms with van der Waals surface area (Å²) in [5.74, 6) is 0. The maximum atomic E-state index is 11.9. The van der Waals surface area contributed by atoms with Crippen molar-refractivity contribution in [3.63, 3.8) is 0 Å². The van der Waals surface area contributed by atoms with Gasteiger partial charge in [0.25, 0.3) is 0 Å². The molecule has 0 amide bonds. The fourth-order valence-electron chi connectivity index (χ4n) is 1.31. The van der Waals surface area contributed by atoms with Crippen molar-refractivity contribution < 1.29 is 13.5 Å². The average molecular weight is 304 g/mol. The molecule has 0 aromatic carbocycles. The first-order valence-corrected chi connectivity index (χ1v) is 8.34. The normalized spacial score (nSPS) is 11.9. The number of rotatable bonds is 5. The van der Waals surface area contributed by atoms with Crippen molar-refractivity contribution in [3.05, 3.63) is 32.4 Å². The Kier molecular flexibility index (Phi) is 4.13. The summed E-state index contributed by atoms with van der Waals surface area (Å²) in [6.07, 6.45) is 0. The fourth-order valence-corrected chi connectivity index (χ4v) is 4.23. The summed E-state index contributed by atoms with van der Waals surface area (Å²) < 4.78 is 26.4. The van der Waals surface area contributed by atoms with E-state index < -0.39 is 10.0 Å². The SMILES string of the molecule is Cc1csc(CNS(=O)(=O)c2csc(CO)c2)n1. The molecule has 5 nitrogen and oxygen atoms in total. The third-order valence-corrected chi connectivity index (χ3v) is 5.59. The first kappa shape index (κ1) is 13.6. The molecule has 2 N–H and O–H groups in total. The van der Waals surface area contributed by atoms with Gasteiger partial charge in [-0.05, 0) is 13.0 Å². The molecule has 8 heteroatoms. The Bertz CT molecular complexity index is 630. The molecule has 0 saturated heterocycles. The number of sulfonamides is 1. The van der Waals surface area contributed by atoms with Gasteiger partial charge in [0.05, 0.1) is 18.0 Å². The minimum atomic E-state index is -3.52. The molecule has 98 valence electrons. The van der Waals surface area contributed by atoms with Crippen LogP contribution in [0.3, 0.4) is 0 Å². The molecule has 0 unspecified atom stereocenters. The molecule has 0 aliphatic carbocycles. The number of nitrogens with one attached hydrogen (secondary N) is 1. The Morgan fingerprint density at radius 2 is 2.17 bits per heavy atom. The Balaban J connectivity index is 2.07. The predicted octanol–water partition coefficient (Wildman–Crippen LogP) is 1.48. The molecule has 0 spiro atoms. The van der Waals surface area contributed by atoms with Crippen molar-refractivity contribution in [3.8, 4) is 0 Å². The summed E-state index contributed by atoms with van der Waals surface area (Å²) in [4.78, 5) is 4.99. The van der Waals surface area contributed by atoms with E-state index in [4.69, 9.17) is 5.11 Å². The third kappa shape index (κ3) is 3.15. The van der Waals surface area contributed by atoms with E-state index in [0.29, 0.717) is 4.88 Å². The van der Waals surface area contributed by atoms with Gasteiger partial charge in [0.1, 0.15) is 5.01 Å². The second-order valence-corrected chi connectivity index (χ2v) is 7.32. The van der Waals surface area contributed by atoms with Gasteiger partial charge in [-0.25, -0.2) is 18.1 Å². The van der Waals surface area contributed by atoms with Crippen LogP contribution >= 0.6 is 22.7 Å². The van der Waals surface area contributed by atoms with E-state index in [1.54, 1.807) is 0 Å². The zero-order chi connectivity index (χ0) is 13.2. The van der Waals surface area contributed by atoms with E-state index >= 15 is 0 Å². The number of hydrogen-bond acceptors (Lipinski definition) is 6. The number of hydrogen-bond donors (Lipinski definition) is 2. The van der Waals surface area contributed by atoms with Crippen molar-refractivity contribution in [1.29, 1.82) is 0 Å². The van der Waals surface area contributed by atoms with Crippen molar-refractivity contribution >= 4 is 32.7 Å². The maximum absolute atomic E-state index is 11.9. The van der Waals surface area contributed by atoms with Crippen LogP contribution in [0.25, 0.3) is 0 Å². The molecule has 2 aromatic heterocycles. The van der Waals surface area contributed by atoms with Crippen molar-refractivity contribution in [2.45, 2.75) is 25.0 Å². The summed E-state index contributed by atoms with van der Waals surface area (Å²) in [6.45, 7) is 1.90. The van der Waals surface area contributed by atoms with Gasteiger partial charge >= 0.3 is 0 Å².